The zero-order valence-corrected chi connectivity index (χ0v) is 12.4. The van der Waals surface area contributed by atoms with E-state index in [9.17, 15) is 0 Å². The smallest absolute Gasteiger partial charge is 0.0544 e. The van der Waals surface area contributed by atoms with E-state index in [-0.39, 0.29) is 0 Å². The van der Waals surface area contributed by atoms with Crippen LogP contribution >= 0.6 is 0 Å². The normalized spacial score (nSPS) is 17.0. The van der Waals surface area contributed by atoms with E-state index in [2.05, 4.69) is 41.3 Å². The first-order chi connectivity index (χ1) is 9.29. The van der Waals surface area contributed by atoms with E-state index in [4.69, 9.17) is 0 Å². The summed E-state index contributed by atoms with van der Waals surface area (Å²) in [4.78, 5) is 7.06. The van der Waals surface area contributed by atoms with Gasteiger partial charge in [-0.05, 0) is 38.1 Å². The van der Waals surface area contributed by atoms with Crippen LogP contribution in [0.25, 0.3) is 0 Å². The van der Waals surface area contributed by atoms with Gasteiger partial charge in [-0.15, -0.1) is 0 Å². The van der Waals surface area contributed by atoms with E-state index < -0.39 is 0 Å². The highest BCUT2D eigenvalue weighted by atomic mass is 15.1. The Labute approximate surface area is 117 Å². The summed E-state index contributed by atoms with van der Waals surface area (Å²) in [6, 6.07) is 5.13. The average Bonchev–Trinajstić information content (AvgIpc) is 2.47. The van der Waals surface area contributed by atoms with Gasteiger partial charge in [-0.1, -0.05) is 32.3 Å². The van der Waals surface area contributed by atoms with Crippen LogP contribution in [0.1, 0.15) is 50.3 Å². The number of hydrogen-bond acceptors (Lipinski definition) is 3. The molecule has 1 aliphatic rings. The van der Waals surface area contributed by atoms with E-state index in [1.807, 2.05) is 6.20 Å². The third-order valence-corrected chi connectivity index (χ3v) is 4.07. The van der Waals surface area contributed by atoms with Gasteiger partial charge >= 0.3 is 0 Å². The molecule has 0 aliphatic heterocycles. The van der Waals surface area contributed by atoms with Crippen LogP contribution in [0.3, 0.4) is 0 Å². The van der Waals surface area contributed by atoms with Gasteiger partial charge in [0.25, 0.3) is 0 Å². The highest BCUT2D eigenvalue weighted by Gasteiger charge is 2.18. The third kappa shape index (κ3) is 4.59. The summed E-state index contributed by atoms with van der Waals surface area (Å²) in [5.41, 5.74) is 2.46. The molecule has 0 aromatic carbocycles. The number of nitrogens with zero attached hydrogens (tertiary/aromatic N) is 2. The molecule has 1 aromatic rings. The Morgan fingerprint density at radius 3 is 2.68 bits per heavy atom. The molecule has 1 aliphatic carbocycles. The maximum Gasteiger partial charge on any atom is 0.0544 e. The quantitative estimate of drug-likeness (QED) is 0.853. The third-order valence-electron chi connectivity index (χ3n) is 4.07. The fourth-order valence-electron chi connectivity index (χ4n) is 2.83. The molecule has 1 N–H and O–H groups in total. The molecule has 0 unspecified atom stereocenters. The summed E-state index contributed by atoms with van der Waals surface area (Å²) in [6.45, 7) is 5.03. The number of pyridine rings is 1. The Hall–Kier alpha value is -0.930. The minimum atomic E-state index is 0.761. The number of hydrogen-bond donors (Lipinski definition) is 1. The largest absolute Gasteiger partial charge is 0.313 e. The number of nitrogens with one attached hydrogen (secondary N) is 1. The summed E-state index contributed by atoms with van der Waals surface area (Å²) in [7, 11) is 2.24. The van der Waals surface area contributed by atoms with Crippen molar-refractivity contribution in [2.75, 3.05) is 13.6 Å². The van der Waals surface area contributed by atoms with E-state index in [0.29, 0.717) is 0 Å². The van der Waals surface area contributed by atoms with Crippen molar-refractivity contribution in [3.05, 3.63) is 29.6 Å². The zero-order valence-electron chi connectivity index (χ0n) is 12.4. The lowest BCUT2D eigenvalue weighted by atomic mass is 9.94. The molecule has 3 heteroatoms. The molecule has 3 nitrogen and oxygen atoms in total. The van der Waals surface area contributed by atoms with Gasteiger partial charge in [-0.3, -0.25) is 9.88 Å². The maximum atomic E-state index is 4.58. The lowest BCUT2D eigenvalue weighted by molar-refractivity contribution is 0.183. The highest BCUT2D eigenvalue weighted by molar-refractivity contribution is 5.14. The predicted molar refractivity (Wildman–Crippen MR) is 80.0 cm³/mol. The molecule has 2 rings (SSSR count). The molecule has 1 heterocycles. The molecular formula is C16H27N3. The average molecular weight is 261 g/mol. The van der Waals surface area contributed by atoms with Crippen molar-refractivity contribution in [3.8, 4) is 0 Å². The predicted octanol–water partition coefficient (Wildman–Crippen LogP) is 2.96. The van der Waals surface area contributed by atoms with E-state index in [1.165, 1.54) is 43.4 Å². The molecule has 0 bridgehead atoms. The minimum absolute atomic E-state index is 0.761. The fourth-order valence-corrected chi connectivity index (χ4v) is 2.83. The zero-order chi connectivity index (χ0) is 13.5. The second kappa shape index (κ2) is 7.61. The molecule has 0 atom stereocenters. The Morgan fingerprint density at radius 2 is 2.05 bits per heavy atom. The van der Waals surface area contributed by atoms with E-state index in [1.54, 1.807) is 0 Å². The van der Waals surface area contributed by atoms with Gasteiger partial charge in [0, 0.05) is 25.3 Å². The summed E-state index contributed by atoms with van der Waals surface area (Å²) >= 11 is 0. The van der Waals surface area contributed by atoms with Gasteiger partial charge in [0.05, 0.1) is 5.69 Å². The number of rotatable bonds is 6. The molecule has 1 aromatic heterocycles. The van der Waals surface area contributed by atoms with Gasteiger partial charge in [0.15, 0.2) is 0 Å². The molecule has 106 valence electrons. The van der Waals surface area contributed by atoms with Crippen molar-refractivity contribution in [1.29, 1.82) is 0 Å². The van der Waals surface area contributed by atoms with Crippen LogP contribution in [0, 0.1) is 0 Å². The van der Waals surface area contributed by atoms with Crippen LogP contribution in [-0.4, -0.2) is 29.5 Å². The Balaban J connectivity index is 1.84. The second-order valence-corrected chi connectivity index (χ2v) is 5.65. The van der Waals surface area contributed by atoms with Crippen LogP contribution in [0.2, 0.25) is 0 Å². The summed E-state index contributed by atoms with van der Waals surface area (Å²) in [5.74, 6) is 0. The molecule has 0 saturated heterocycles. The first-order valence-corrected chi connectivity index (χ1v) is 7.64. The van der Waals surface area contributed by atoms with Crippen molar-refractivity contribution in [3.63, 3.8) is 0 Å². The standard InChI is InChI=1S/C16H27N3/c1-3-17-11-14-9-10-15(18-12-14)13-19(2)16-7-5-4-6-8-16/h9-10,12,16-17H,3-8,11,13H2,1-2H3. The molecule has 0 spiro atoms. The van der Waals surface area contributed by atoms with Crippen molar-refractivity contribution >= 4 is 0 Å². The van der Waals surface area contributed by atoms with E-state index >= 15 is 0 Å². The fraction of sp³-hybridized carbons (Fsp3) is 0.688. The number of aromatic nitrogens is 1. The van der Waals surface area contributed by atoms with Gasteiger partial charge < -0.3 is 5.32 Å². The SMILES string of the molecule is CCNCc1ccc(CN(C)C2CCCCC2)nc1. The summed E-state index contributed by atoms with van der Waals surface area (Å²) < 4.78 is 0. The van der Waals surface area contributed by atoms with Gasteiger partial charge in [-0.2, -0.15) is 0 Å². The maximum absolute atomic E-state index is 4.58. The Bertz CT molecular complexity index is 355. The lowest BCUT2D eigenvalue weighted by Gasteiger charge is -2.30. The molecule has 1 saturated carbocycles. The lowest BCUT2D eigenvalue weighted by Crippen LogP contribution is -2.33. The van der Waals surface area contributed by atoms with Gasteiger partial charge in [0.2, 0.25) is 0 Å². The van der Waals surface area contributed by atoms with E-state index in [0.717, 1.165) is 25.7 Å². The van der Waals surface area contributed by atoms with Crippen molar-refractivity contribution in [1.82, 2.24) is 15.2 Å². The van der Waals surface area contributed by atoms with Crippen molar-refractivity contribution in [2.45, 2.75) is 58.2 Å². The first-order valence-electron chi connectivity index (χ1n) is 7.64. The summed E-state index contributed by atoms with van der Waals surface area (Å²) in [6.07, 6.45) is 8.92. The molecular weight excluding hydrogens is 234 g/mol. The topological polar surface area (TPSA) is 28.2 Å². The van der Waals surface area contributed by atoms with Crippen LogP contribution in [-0.2, 0) is 13.1 Å². The van der Waals surface area contributed by atoms with Crippen molar-refractivity contribution in [2.24, 2.45) is 0 Å². The summed E-state index contributed by atoms with van der Waals surface area (Å²) in [5, 5.41) is 3.33. The first kappa shape index (κ1) is 14.5. The monoisotopic (exact) mass is 261 g/mol. The van der Waals surface area contributed by atoms with Gasteiger partial charge in [0.1, 0.15) is 0 Å². The highest BCUT2D eigenvalue weighted by Crippen LogP contribution is 2.22. The molecule has 0 radical (unpaired) electrons. The Morgan fingerprint density at radius 1 is 1.26 bits per heavy atom. The van der Waals surface area contributed by atoms with Gasteiger partial charge in [-0.25, -0.2) is 0 Å². The van der Waals surface area contributed by atoms with Crippen LogP contribution < -0.4 is 5.32 Å². The second-order valence-electron chi connectivity index (χ2n) is 5.65. The van der Waals surface area contributed by atoms with Crippen molar-refractivity contribution < 1.29 is 0 Å². The molecule has 1 fully saturated rings. The van der Waals surface area contributed by atoms with Crippen LogP contribution in [0.4, 0.5) is 0 Å². The molecule has 19 heavy (non-hydrogen) atoms. The van der Waals surface area contributed by atoms with Crippen LogP contribution in [0.15, 0.2) is 18.3 Å². The minimum Gasteiger partial charge on any atom is -0.313 e. The molecule has 0 amide bonds. The Kier molecular flexibility index (Phi) is 5.80. The van der Waals surface area contributed by atoms with Crippen LogP contribution in [0.5, 0.6) is 0 Å².